The van der Waals surface area contributed by atoms with Gasteiger partial charge in [0.15, 0.2) is 0 Å². The molecule has 9 aromatic rings. The molecule has 9 aromatic carbocycles. The van der Waals surface area contributed by atoms with E-state index in [9.17, 15) is 0 Å². The standard InChI is InChI=1S/C55H47BO2P2/c1-10-28-47(29-11-1)46-56(57-59(48-30-12-2-13-31-48,49-32-14-3-15-33-49,50-34-16-4-17-35-50)51-36-18-5-19-37-51)58-60(52-38-20-6-21-39-52,53-40-22-7-23-41-53,54-42-24-8-25-43-54)55-44-26-9-27-45-55/h1-45H,46H2. The molecular formula is C55H47BO2P2. The van der Waals surface area contributed by atoms with Crippen molar-refractivity contribution in [1.29, 1.82) is 0 Å². The van der Waals surface area contributed by atoms with E-state index < -0.39 is 20.8 Å². The molecule has 0 radical (unpaired) electrons. The fraction of sp³-hybridized carbons (Fsp3) is 0.0182. The third kappa shape index (κ3) is 6.30. The van der Waals surface area contributed by atoms with Crippen molar-refractivity contribution < 1.29 is 8.88 Å². The summed E-state index contributed by atoms with van der Waals surface area (Å²) < 4.78 is 17.4. The summed E-state index contributed by atoms with van der Waals surface area (Å²) in [5.41, 5.74) is 1.11. The maximum absolute atomic E-state index is 8.68. The van der Waals surface area contributed by atoms with Gasteiger partial charge in [-0.25, -0.2) is 0 Å². The first-order chi connectivity index (χ1) is 29.7. The summed E-state index contributed by atoms with van der Waals surface area (Å²) in [6, 6.07) is 97.8. The number of benzene rings is 9. The van der Waals surface area contributed by atoms with Crippen LogP contribution < -0.4 is 42.4 Å². The first-order valence-electron chi connectivity index (χ1n) is 20.6. The summed E-state index contributed by atoms with van der Waals surface area (Å²) in [4.78, 5) is 0. The van der Waals surface area contributed by atoms with Crippen molar-refractivity contribution in [2.24, 2.45) is 0 Å². The summed E-state index contributed by atoms with van der Waals surface area (Å²) in [7, 11) is -0.829. The number of hydrogen-bond acceptors (Lipinski definition) is 2. The van der Waals surface area contributed by atoms with Gasteiger partial charge >= 0.3 is 357 Å². The minimum atomic E-state index is -4.26. The van der Waals surface area contributed by atoms with Gasteiger partial charge in [-0.3, -0.25) is 0 Å². The summed E-state index contributed by atoms with van der Waals surface area (Å²) in [5.74, 6) is 0. The topological polar surface area (TPSA) is 18.5 Å². The van der Waals surface area contributed by atoms with Gasteiger partial charge in [-0.15, -0.1) is 0 Å². The molecule has 2 nitrogen and oxygen atoms in total. The van der Waals surface area contributed by atoms with Crippen molar-refractivity contribution in [3.05, 3.63) is 279 Å². The Bertz CT molecular complexity index is 2220. The Kier molecular flexibility index (Phi) is 11.0. The van der Waals surface area contributed by atoms with Gasteiger partial charge in [0.25, 0.3) is 0 Å². The average Bonchev–Trinajstić information content (AvgIpc) is 3.35. The molecule has 0 spiro atoms. The molecule has 0 atom stereocenters. The molecule has 9 rings (SSSR count). The molecule has 0 unspecified atom stereocenters. The average molecular weight is 813 g/mol. The fourth-order valence-electron chi connectivity index (χ4n) is 9.35. The molecule has 5 heteroatoms. The van der Waals surface area contributed by atoms with Crippen LogP contribution in [-0.2, 0) is 15.2 Å². The van der Waals surface area contributed by atoms with Crippen molar-refractivity contribution in [3.8, 4) is 0 Å². The van der Waals surface area contributed by atoms with Crippen molar-refractivity contribution in [2.75, 3.05) is 0 Å². The molecular weight excluding hydrogens is 765 g/mol. The molecule has 0 N–H and O–H groups in total. The number of hydrogen-bond donors (Lipinski definition) is 0. The van der Waals surface area contributed by atoms with E-state index in [0.717, 1.165) is 48.0 Å². The van der Waals surface area contributed by atoms with E-state index in [1.54, 1.807) is 0 Å². The Morgan fingerprint density at radius 1 is 0.233 bits per heavy atom. The van der Waals surface area contributed by atoms with E-state index >= 15 is 0 Å². The van der Waals surface area contributed by atoms with E-state index in [0.29, 0.717) is 6.32 Å². The van der Waals surface area contributed by atoms with E-state index in [4.69, 9.17) is 8.88 Å². The van der Waals surface area contributed by atoms with Crippen LogP contribution in [0.4, 0.5) is 0 Å². The maximum atomic E-state index is 8.68. The normalized spacial score (nSPS) is 12.9. The van der Waals surface area contributed by atoms with E-state index in [1.807, 2.05) is 0 Å². The Morgan fingerprint density at radius 2 is 0.400 bits per heavy atom. The molecule has 0 aliphatic carbocycles. The third-order valence-electron chi connectivity index (χ3n) is 11.9. The van der Waals surface area contributed by atoms with Crippen LogP contribution in [0.2, 0.25) is 0 Å². The molecule has 0 heterocycles. The van der Waals surface area contributed by atoms with Gasteiger partial charge in [0.2, 0.25) is 0 Å². The fourth-order valence-corrected chi connectivity index (χ4v) is 21.1. The Hall–Kier alpha value is -6.18. The van der Waals surface area contributed by atoms with Crippen LogP contribution in [0.5, 0.6) is 0 Å². The van der Waals surface area contributed by atoms with Crippen LogP contribution in [-0.4, -0.2) is 7.12 Å². The SMILES string of the molecule is c1ccc(CB(OP(c2ccccc2)(c2ccccc2)(c2ccccc2)c2ccccc2)OP(c2ccccc2)(c2ccccc2)(c2ccccc2)c2ccccc2)cc1. The van der Waals surface area contributed by atoms with E-state index in [-0.39, 0.29) is 0 Å². The van der Waals surface area contributed by atoms with Gasteiger partial charge in [-0.2, -0.15) is 0 Å². The zero-order valence-corrected chi connectivity index (χ0v) is 35.3. The van der Waals surface area contributed by atoms with Crippen molar-refractivity contribution in [1.82, 2.24) is 0 Å². The minimum absolute atomic E-state index is 0.468. The van der Waals surface area contributed by atoms with Crippen molar-refractivity contribution in [2.45, 2.75) is 6.32 Å². The predicted octanol–water partition coefficient (Wildman–Crippen LogP) is 9.83. The van der Waals surface area contributed by atoms with Crippen molar-refractivity contribution >= 4 is 63.2 Å². The van der Waals surface area contributed by atoms with Crippen LogP contribution in [0, 0.1) is 0 Å². The van der Waals surface area contributed by atoms with Gasteiger partial charge < -0.3 is 0 Å². The second-order valence-corrected chi connectivity index (χ2v) is 23.8. The molecule has 60 heavy (non-hydrogen) atoms. The van der Waals surface area contributed by atoms with Crippen molar-refractivity contribution in [3.63, 3.8) is 0 Å². The van der Waals surface area contributed by atoms with Gasteiger partial charge in [0.05, 0.1) is 0 Å². The molecule has 0 aliphatic heterocycles. The van der Waals surface area contributed by atoms with Crippen LogP contribution in [0.15, 0.2) is 273 Å². The zero-order valence-electron chi connectivity index (χ0n) is 33.5. The van der Waals surface area contributed by atoms with Crippen LogP contribution >= 0.6 is 13.7 Å². The molecule has 0 amide bonds. The van der Waals surface area contributed by atoms with E-state index in [2.05, 4.69) is 273 Å². The Labute approximate surface area is 355 Å². The Morgan fingerprint density at radius 3 is 0.583 bits per heavy atom. The summed E-state index contributed by atoms with van der Waals surface area (Å²) in [6.45, 7) is -8.53. The number of rotatable bonds is 14. The first-order valence-corrected chi connectivity index (χ1v) is 24.9. The molecule has 0 bridgehead atoms. The second-order valence-electron chi connectivity index (χ2n) is 15.1. The van der Waals surface area contributed by atoms with Gasteiger partial charge in [0.1, 0.15) is 0 Å². The van der Waals surface area contributed by atoms with E-state index in [1.165, 1.54) is 0 Å². The quantitative estimate of drug-likeness (QED) is 0.0805. The van der Waals surface area contributed by atoms with Gasteiger partial charge in [0, 0.05) is 0 Å². The molecule has 292 valence electrons. The molecule has 0 aliphatic rings. The molecule has 0 saturated carbocycles. The predicted molar refractivity (Wildman–Crippen MR) is 261 cm³/mol. The zero-order chi connectivity index (χ0) is 40.6. The van der Waals surface area contributed by atoms with Crippen LogP contribution in [0.3, 0.4) is 0 Å². The van der Waals surface area contributed by atoms with Gasteiger partial charge in [-0.1, -0.05) is 0 Å². The summed E-state index contributed by atoms with van der Waals surface area (Å²) >= 11 is 0. The molecule has 0 saturated heterocycles. The third-order valence-corrected chi connectivity index (χ3v) is 23.5. The Balaban J connectivity index is 1.47. The summed E-state index contributed by atoms with van der Waals surface area (Å²) in [6.07, 6.45) is 0.468. The molecule has 0 fully saturated rings. The van der Waals surface area contributed by atoms with Crippen LogP contribution in [0.1, 0.15) is 5.56 Å². The first kappa shape index (κ1) is 39.3. The monoisotopic (exact) mass is 812 g/mol. The van der Waals surface area contributed by atoms with Gasteiger partial charge in [-0.05, 0) is 0 Å². The molecule has 0 aromatic heterocycles. The second kappa shape index (κ2) is 16.8. The summed E-state index contributed by atoms with van der Waals surface area (Å²) in [5, 5.41) is 8.73. The van der Waals surface area contributed by atoms with Crippen LogP contribution in [0.25, 0.3) is 0 Å².